The van der Waals surface area contributed by atoms with Gasteiger partial charge in [0.2, 0.25) is 0 Å². The van der Waals surface area contributed by atoms with E-state index >= 15 is 0 Å². The van der Waals surface area contributed by atoms with E-state index in [1.807, 2.05) is 0 Å². The van der Waals surface area contributed by atoms with E-state index in [-0.39, 0.29) is 0 Å². The number of para-hydroxylation sites is 5. The Balaban J connectivity index is 0.000000105. The van der Waals surface area contributed by atoms with Crippen molar-refractivity contribution in [3.8, 4) is 61.6 Å². The van der Waals surface area contributed by atoms with E-state index in [0.717, 1.165) is 0 Å². The number of hydrogen-bond acceptors (Lipinski definition) is 0. The molecular formula is C102H67N3. The van der Waals surface area contributed by atoms with Crippen LogP contribution >= 0.6 is 0 Å². The fourth-order valence-corrected chi connectivity index (χ4v) is 16.6. The second kappa shape index (κ2) is 25.6. The monoisotopic (exact) mass is 1330 g/mol. The molecule has 19 aromatic carbocycles. The van der Waals surface area contributed by atoms with E-state index in [2.05, 4.69) is 420 Å². The van der Waals surface area contributed by atoms with Crippen molar-refractivity contribution in [2.45, 2.75) is 0 Å². The highest BCUT2D eigenvalue weighted by atomic mass is 15.0. The molecule has 0 saturated heterocycles. The molecule has 0 N–H and O–H groups in total. The summed E-state index contributed by atoms with van der Waals surface area (Å²) >= 11 is 0. The highest BCUT2D eigenvalue weighted by molar-refractivity contribution is 6.25. The molecule has 0 atom stereocenters. The summed E-state index contributed by atoms with van der Waals surface area (Å²) in [6.45, 7) is 0. The lowest BCUT2D eigenvalue weighted by Gasteiger charge is -2.13. The second-order valence-corrected chi connectivity index (χ2v) is 27.4. The van der Waals surface area contributed by atoms with Crippen molar-refractivity contribution in [2.24, 2.45) is 0 Å². The first-order valence-corrected chi connectivity index (χ1v) is 36.2. The van der Waals surface area contributed by atoms with E-state index in [4.69, 9.17) is 0 Å². The Morgan fingerprint density at radius 2 is 0.410 bits per heavy atom. The predicted octanol–water partition coefficient (Wildman–Crippen LogP) is 27.9. The van der Waals surface area contributed by atoms with Crippen LogP contribution in [0.15, 0.2) is 406 Å². The van der Waals surface area contributed by atoms with Gasteiger partial charge in [-0.3, -0.25) is 0 Å². The number of rotatable bonds is 7. The molecule has 0 aliphatic carbocycles. The smallest absolute Gasteiger partial charge is 0.0619 e. The Labute approximate surface area is 607 Å². The van der Waals surface area contributed by atoms with Gasteiger partial charge in [-0.05, 0) is 178 Å². The molecule has 105 heavy (non-hydrogen) atoms. The van der Waals surface area contributed by atoms with Crippen LogP contribution in [-0.2, 0) is 0 Å². The summed E-state index contributed by atoms with van der Waals surface area (Å²) in [6.07, 6.45) is 0. The van der Waals surface area contributed by atoms with E-state index < -0.39 is 0 Å². The van der Waals surface area contributed by atoms with Gasteiger partial charge < -0.3 is 13.7 Å². The lowest BCUT2D eigenvalue weighted by molar-refractivity contribution is 1.19. The molecule has 0 fully saturated rings. The summed E-state index contributed by atoms with van der Waals surface area (Å²) in [4.78, 5) is 0. The van der Waals surface area contributed by atoms with Gasteiger partial charge in [-0.2, -0.15) is 0 Å². The minimum Gasteiger partial charge on any atom is -0.309 e. The molecule has 0 radical (unpaired) electrons. The Morgan fingerprint density at radius 1 is 0.133 bits per heavy atom. The molecule has 490 valence electrons. The van der Waals surface area contributed by atoms with Crippen molar-refractivity contribution in [1.82, 2.24) is 13.7 Å². The van der Waals surface area contributed by atoms with Crippen LogP contribution in [0.3, 0.4) is 0 Å². The topological polar surface area (TPSA) is 14.8 Å². The Bertz CT molecular complexity index is 7110. The van der Waals surface area contributed by atoms with Crippen LogP contribution in [0.4, 0.5) is 0 Å². The quantitative estimate of drug-likeness (QED) is 0.151. The zero-order chi connectivity index (χ0) is 69.3. The third-order valence-electron chi connectivity index (χ3n) is 21.5. The van der Waals surface area contributed by atoms with Crippen LogP contribution < -0.4 is 0 Å². The number of aromatic nitrogens is 3. The fraction of sp³-hybridized carbons (Fsp3) is 0. The Hall–Kier alpha value is -13.9. The van der Waals surface area contributed by atoms with Crippen LogP contribution in [0.25, 0.3) is 192 Å². The van der Waals surface area contributed by atoms with Crippen LogP contribution in [-0.4, -0.2) is 13.7 Å². The number of nitrogens with zero attached hydrogens (tertiary/aromatic N) is 3. The molecule has 3 aromatic heterocycles. The van der Waals surface area contributed by atoms with Crippen LogP contribution in [0, 0.1) is 0 Å². The van der Waals surface area contributed by atoms with Crippen molar-refractivity contribution in [2.75, 3.05) is 0 Å². The number of hydrogen-bond donors (Lipinski definition) is 0. The summed E-state index contributed by atoms with van der Waals surface area (Å²) in [7, 11) is 0. The molecule has 3 nitrogen and oxygen atoms in total. The Kier molecular flexibility index (Phi) is 14.9. The molecule has 22 rings (SSSR count). The van der Waals surface area contributed by atoms with Crippen molar-refractivity contribution in [1.29, 1.82) is 0 Å². The van der Waals surface area contributed by atoms with Gasteiger partial charge in [0.05, 0.1) is 33.1 Å². The fourth-order valence-electron chi connectivity index (χ4n) is 16.6. The van der Waals surface area contributed by atoms with E-state index in [0.29, 0.717) is 0 Å². The summed E-state index contributed by atoms with van der Waals surface area (Å²) in [6, 6.07) is 147. The summed E-state index contributed by atoms with van der Waals surface area (Å²) in [5.41, 5.74) is 21.1. The van der Waals surface area contributed by atoms with Crippen molar-refractivity contribution < 1.29 is 0 Å². The van der Waals surface area contributed by atoms with E-state index in [9.17, 15) is 0 Å². The molecule has 0 aliphatic rings. The van der Waals surface area contributed by atoms with E-state index in [1.165, 1.54) is 192 Å². The number of fused-ring (bicyclic) bond motifs is 18. The zero-order valence-corrected chi connectivity index (χ0v) is 57.5. The SMILES string of the molecule is c1ccc(-c2cc3c4ccccc4n(-c4ccc5ccccc5c4)c3c3ccccc23)cc1.c1ccc(-n2c3ccccc3c3cc(-c4ccc(-c5ccc6ccccc6c5)cc4)c4ccccc4c32)cc1.c1ccc(-n2c3ccccc3c3cc(-c4ccc5ccccc5c4)c4ccccc4c32)cc1. The molecule has 0 unspecified atom stereocenters. The van der Waals surface area contributed by atoms with Gasteiger partial charge in [0, 0.05) is 65.5 Å². The standard InChI is InChI=1S/C38H25N.2C32H21N/c1-2-12-31(13-3-1)39-37-17-9-8-15-33(37)36-25-35(32-14-6-7-16-34(32)38(36)39)28-21-18-27(19-22-28)30-23-20-26-10-4-5-11-29(26)24-30;1-2-12-25(13-3-1)33-31-17-9-8-15-27(31)30-21-29(26-14-6-7-16-28(26)32(30)33)24-19-18-22-10-4-5-11-23(22)20-24;1-2-11-23(12-3-1)29-21-30-27-15-8-9-17-31(27)33(32(30)28-16-7-6-14-26(28)29)25-19-18-22-10-4-5-13-24(22)20-25/h1-25H;2*1-21H. The maximum absolute atomic E-state index is 2.44. The minimum absolute atomic E-state index is 1.18. The molecule has 0 saturated carbocycles. The maximum atomic E-state index is 2.44. The summed E-state index contributed by atoms with van der Waals surface area (Å²) < 4.78 is 7.27. The molecule has 0 spiro atoms. The lowest BCUT2D eigenvalue weighted by atomic mass is 9.93. The highest BCUT2D eigenvalue weighted by Crippen LogP contribution is 2.46. The van der Waals surface area contributed by atoms with Crippen LogP contribution in [0.5, 0.6) is 0 Å². The van der Waals surface area contributed by atoms with Gasteiger partial charge in [-0.25, -0.2) is 0 Å². The third-order valence-corrected chi connectivity index (χ3v) is 21.5. The van der Waals surface area contributed by atoms with Crippen LogP contribution in [0.1, 0.15) is 0 Å². The van der Waals surface area contributed by atoms with Gasteiger partial charge in [-0.1, -0.05) is 322 Å². The molecule has 0 bridgehead atoms. The molecule has 0 amide bonds. The van der Waals surface area contributed by atoms with Gasteiger partial charge in [0.25, 0.3) is 0 Å². The second-order valence-electron chi connectivity index (χ2n) is 27.4. The van der Waals surface area contributed by atoms with Crippen molar-refractivity contribution in [3.05, 3.63) is 406 Å². The van der Waals surface area contributed by atoms with E-state index in [1.54, 1.807) is 0 Å². The van der Waals surface area contributed by atoms with Gasteiger partial charge >= 0.3 is 0 Å². The van der Waals surface area contributed by atoms with Gasteiger partial charge in [-0.15, -0.1) is 0 Å². The zero-order valence-electron chi connectivity index (χ0n) is 57.5. The minimum atomic E-state index is 1.18. The lowest BCUT2D eigenvalue weighted by Crippen LogP contribution is -1.95. The largest absolute Gasteiger partial charge is 0.309 e. The van der Waals surface area contributed by atoms with Gasteiger partial charge in [0.1, 0.15) is 0 Å². The molecular weight excluding hydrogens is 1270 g/mol. The van der Waals surface area contributed by atoms with Gasteiger partial charge in [0.15, 0.2) is 0 Å². The summed E-state index contributed by atoms with van der Waals surface area (Å²) in [5, 5.41) is 22.9. The molecule has 0 aliphatic heterocycles. The predicted molar refractivity (Wildman–Crippen MR) is 449 cm³/mol. The number of benzene rings is 19. The van der Waals surface area contributed by atoms with Crippen molar-refractivity contribution in [3.63, 3.8) is 0 Å². The van der Waals surface area contributed by atoms with Crippen molar-refractivity contribution >= 4 is 130 Å². The highest BCUT2D eigenvalue weighted by Gasteiger charge is 2.22. The van der Waals surface area contributed by atoms with Crippen LogP contribution in [0.2, 0.25) is 0 Å². The first-order chi connectivity index (χ1) is 52.1. The maximum Gasteiger partial charge on any atom is 0.0619 e. The normalized spacial score (nSPS) is 11.6. The third kappa shape index (κ3) is 10.5. The molecule has 22 aromatic rings. The average molecular weight is 1330 g/mol. The molecule has 3 heteroatoms. The summed E-state index contributed by atoms with van der Waals surface area (Å²) in [5.74, 6) is 0. The first-order valence-electron chi connectivity index (χ1n) is 36.2. The molecule has 3 heterocycles. The first kappa shape index (κ1) is 61.0. The Morgan fingerprint density at radius 3 is 0.838 bits per heavy atom. The average Bonchev–Trinajstić information content (AvgIpc) is 1.57.